The molecule has 0 radical (unpaired) electrons. The van der Waals surface area contributed by atoms with E-state index in [0.29, 0.717) is 23.7 Å². The first-order chi connectivity index (χ1) is 8.80. The van der Waals surface area contributed by atoms with Crippen LogP contribution in [-0.2, 0) is 0 Å². The van der Waals surface area contributed by atoms with E-state index in [9.17, 15) is 0 Å². The first-order valence-corrected chi connectivity index (χ1v) is 6.23. The van der Waals surface area contributed by atoms with Crippen LogP contribution < -0.4 is 14.8 Å². The molecule has 0 saturated heterocycles. The number of nitrogens with one attached hydrogen (secondary N) is 1. The van der Waals surface area contributed by atoms with Crippen molar-refractivity contribution in [3.05, 3.63) is 23.8 Å². The van der Waals surface area contributed by atoms with Gasteiger partial charge in [-0.3, -0.25) is 0 Å². The minimum Gasteiger partial charge on any atom is -0.497 e. The largest absolute Gasteiger partial charge is 0.497 e. The molecule has 1 N–H and O–H groups in total. The number of hydrogen-bond donors (Lipinski definition) is 1. The molecule has 0 aliphatic carbocycles. The van der Waals surface area contributed by atoms with E-state index >= 15 is 0 Å². The lowest BCUT2D eigenvalue weighted by molar-refractivity contribution is 0.306. The highest BCUT2D eigenvalue weighted by Crippen LogP contribution is 2.22. The molecule has 0 spiro atoms. The van der Waals surface area contributed by atoms with Crippen molar-refractivity contribution in [2.75, 3.05) is 26.8 Å². The first-order valence-electron chi connectivity index (χ1n) is 6.23. The Kier molecular flexibility index (Phi) is 6.67. The quantitative estimate of drug-likeness (QED) is 0.717. The monoisotopic (exact) mass is 248 g/mol. The molecule has 4 heteroatoms. The fraction of sp³-hybridized carbons (Fsp3) is 0.500. The lowest BCUT2D eigenvalue weighted by Crippen LogP contribution is -2.18. The number of benzene rings is 1. The highest BCUT2D eigenvalue weighted by molar-refractivity contribution is 5.43. The van der Waals surface area contributed by atoms with Gasteiger partial charge in [-0.25, -0.2) is 0 Å². The van der Waals surface area contributed by atoms with Crippen molar-refractivity contribution < 1.29 is 9.47 Å². The molecule has 1 rings (SSSR count). The number of ether oxygens (including phenoxy) is 2. The molecule has 0 saturated carbocycles. The third-order valence-corrected chi connectivity index (χ3v) is 2.44. The minimum atomic E-state index is 0.549. The summed E-state index contributed by atoms with van der Waals surface area (Å²) >= 11 is 0. The zero-order chi connectivity index (χ0) is 13.2. The molecular formula is C14H20N2O2. The molecule has 0 fully saturated rings. The van der Waals surface area contributed by atoms with E-state index in [1.807, 2.05) is 0 Å². The normalized spacial score (nSPS) is 9.83. The number of hydrogen-bond acceptors (Lipinski definition) is 4. The topological polar surface area (TPSA) is 54.3 Å². The number of nitrogens with zero attached hydrogens (tertiary/aromatic N) is 1. The molecule has 98 valence electrons. The van der Waals surface area contributed by atoms with E-state index < -0.39 is 0 Å². The van der Waals surface area contributed by atoms with Crippen molar-refractivity contribution in [1.29, 1.82) is 5.26 Å². The number of nitriles is 1. The maximum absolute atomic E-state index is 8.88. The summed E-state index contributed by atoms with van der Waals surface area (Å²) in [5, 5.41) is 12.2. The van der Waals surface area contributed by atoms with Crippen molar-refractivity contribution in [3.63, 3.8) is 0 Å². The van der Waals surface area contributed by atoms with Crippen LogP contribution in [0.3, 0.4) is 0 Å². The van der Waals surface area contributed by atoms with Crippen LogP contribution in [0.1, 0.15) is 25.3 Å². The van der Waals surface area contributed by atoms with E-state index in [-0.39, 0.29) is 0 Å². The van der Waals surface area contributed by atoms with Crippen molar-refractivity contribution >= 4 is 0 Å². The molecule has 18 heavy (non-hydrogen) atoms. The second-order valence-electron chi connectivity index (χ2n) is 3.96. The Balaban J connectivity index is 2.39. The fourth-order valence-corrected chi connectivity index (χ4v) is 1.53. The van der Waals surface area contributed by atoms with E-state index in [1.165, 1.54) is 0 Å². The van der Waals surface area contributed by atoms with Gasteiger partial charge in [-0.2, -0.15) is 5.26 Å². The van der Waals surface area contributed by atoms with E-state index in [4.69, 9.17) is 14.7 Å². The van der Waals surface area contributed by atoms with Gasteiger partial charge in [0.15, 0.2) is 0 Å². The van der Waals surface area contributed by atoms with Crippen molar-refractivity contribution in [2.24, 2.45) is 0 Å². The van der Waals surface area contributed by atoms with Crippen LogP contribution in [-0.4, -0.2) is 26.8 Å². The second kappa shape index (κ2) is 8.37. The van der Waals surface area contributed by atoms with Gasteiger partial charge in [0.1, 0.15) is 11.5 Å². The van der Waals surface area contributed by atoms with Crippen molar-refractivity contribution in [2.45, 2.75) is 19.8 Å². The molecule has 4 nitrogen and oxygen atoms in total. The Bertz CT molecular complexity index is 399. The zero-order valence-corrected chi connectivity index (χ0v) is 11.0. The maximum Gasteiger partial charge on any atom is 0.124 e. The van der Waals surface area contributed by atoms with Crippen LogP contribution in [0, 0.1) is 11.3 Å². The highest BCUT2D eigenvalue weighted by atomic mass is 16.5. The zero-order valence-electron chi connectivity index (χ0n) is 11.0. The molecule has 0 unspecified atom stereocenters. The molecule has 0 aliphatic rings. The van der Waals surface area contributed by atoms with Crippen LogP contribution in [0.25, 0.3) is 0 Å². The van der Waals surface area contributed by atoms with Gasteiger partial charge in [0.05, 0.1) is 25.3 Å². The number of rotatable bonds is 8. The lowest BCUT2D eigenvalue weighted by Gasteiger charge is -2.08. The average Bonchev–Trinajstić information content (AvgIpc) is 2.42. The van der Waals surface area contributed by atoms with Gasteiger partial charge in [-0.1, -0.05) is 6.92 Å². The molecular weight excluding hydrogens is 228 g/mol. The summed E-state index contributed by atoms with van der Waals surface area (Å²) in [6.07, 6.45) is 2.08. The van der Waals surface area contributed by atoms with Gasteiger partial charge in [0.25, 0.3) is 0 Å². The molecule has 0 heterocycles. The minimum absolute atomic E-state index is 0.549. The summed E-state index contributed by atoms with van der Waals surface area (Å²) in [7, 11) is 1.58. The van der Waals surface area contributed by atoms with Gasteiger partial charge >= 0.3 is 0 Å². The molecule has 1 aromatic carbocycles. The summed E-state index contributed by atoms with van der Waals surface area (Å²) in [4.78, 5) is 0. The fourth-order valence-electron chi connectivity index (χ4n) is 1.53. The van der Waals surface area contributed by atoms with Gasteiger partial charge < -0.3 is 14.8 Å². The van der Waals surface area contributed by atoms with Gasteiger partial charge in [-0.05, 0) is 38.1 Å². The predicted octanol–water partition coefficient (Wildman–Crippen LogP) is 2.34. The van der Waals surface area contributed by atoms with Gasteiger partial charge in [0.2, 0.25) is 0 Å². The Morgan fingerprint density at radius 3 is 2.67 bits per heavy atom. The summed E-state index contributed by atoms with van der Waals surface area (Å²) in [5.41, 5.74) is 0.549. The van der Waals surface area contributed by atoms with Crippen LogP contribution in [0.5, 0.6) is 11.5 Å². The molecule has 0 amide bonds. The van der Waals surface area contributed by atoms with E-state index in [1.54, 1.807) is 25.3 Å². The van der Waals surface area contributed by atoms with Crippen LogP contribution in [0.15, 0.2) is 18.2 Å². The molecule has 0 atom stereocenters. The lowest BCUT2D eigenvalue weighted by atomic mass is 10.2. The molecule has 0 aliphatic heterocycles. The summed E-state index contributed by atoms with van der Waals surface area (Å²) in [5.74, 6) is 1.33. The summed E-state index contributed by atoms with van der Waals surface area (Å²) in [6, 6.07) is 7.29. The SMILES string of the molecule is CCCNCCCOc1cc(C#N)cc(OC)c1. The van der Waals surface area contributed by atoms with Crippen LogP contribution >= 0.6 is 0 Å². The predicted molar refractivity (Wildman–Crippen MR) is 71.0 cm³/mol. The third-order valence-electron chi connectivity index (χ3n) is 2.44. The van der Waals surface area contributed by atoms with Gasteiger partial charge in [-0.15, -0.1) is 0 Å². The van der Waals surface area contributed by atoms with Gasteiger partial charge in [0, 0.05) is 6.07 Å². The van der Waals surface area contributed by atoms with E-state index in [2.05, 4.69) is 18.3 Å². The molecule has 0 aromatic heterocycles. The standard InChI is InChI=1S/C14H20N2O2/c1-3-5-16-6-4-7-18-14-9-12(11-15)8-13(10-14)17-2/h8-10,16H,3-7H2,1-2H3. The summed E-state index contributed by atoms with van der Waals surface area (Å²) in [6.45, 7) is 4.76. The first kappa shape index (κ1) is 14.3. The Labute approximate surface area is 109 Å². The number of methoxy groups -OCH3 is 1. The van der Waals surface area contributed by atoms with E-state index in [0.717, 1.165) is 25.9 Å². The molecule has 0 bridgehead atoms. The third kappa shape index (κ3) is 5.07. The highest BCUT2D eigenvalue weighted by Gasteiger charge is 2.01. The Morgan fingerprint density at radius 2 is 2.00 bits per heavy atom. The smallest absolute Gasteiger partial charge is 0.124 e. The Hall–Kier alpha value is -1.73. The molecule has 1 aromatic rings. The summed E-state index contributed by atoms with van der Waals surface area (Å²) < 4.78 is 10.7. The van der Waals surface area contributed by atoms with Crippen LogP contribution in [0.4, 0.5) is 0 Å². The average molecular weight is 248 g/mol. The second-order valence-corrected chi connectivity index (χ2v) is 3.96. The van der Waals surface area contributed by atoms with Crippen molar-refractivity contribution in [1.82, 2.24) is 5.32 Å². The van der Waals surface area contributed by atoms with Crippen LogP contribution in [0.2, 0.25) is 0 Å². The van der Waals surface area contributed by atoms with Crippen molar-refractivity contribution in [3.8, 4) is 17.6 Å². The Morgan fingerprint density at radius 1 is 1.22 bits per heavy atom. The maximum atomic E-state index is 8.88.